The van der Waals surface area contributed by atoms with E-state index in [9.17, 15) is 19.2 Å². The molecule has 3 aromatic rings. The molecule has 2 heterocycles. The molecule has 0 aliphatic heterocycles. The van der Waals surface area contributed by atoms with Crippen LogP contribution in [0.3, 0.4) is 0 Å². The van der Waals surface area contributed by atoms with E-state index < -0.39 is 17.9 Å². The van der Waals surface area contributed by atoms with E-state index in [1.807, 2.05) is 0 Å². The molecule has 11 nitrogen and oxygen atoms in total. The summed E-state index contributed by atoms with van der Waals surface area (Å²) in [6, 6.07) is 6.02. The van der Waals surface area contributed by atoms with Crippen LogP contribution in [0.25, 0.3) is 0 Å². The molecule has 1 unspecified atom stereocenters. The molecule has 2 amide bonds. The molecule has 0 radical (unpaired) electrons. The Balaban J connectivity index is 1.66. The molecule has 2 aromatic heterocycles. The Morgan fingerprint density at radius 1 is 1.12 bits per heavy atom. The lowest BCUT2D eigenvalue weighted by Crippen LogP contribution is -2.24. The van der Waals surface area contributed by atoms with Crippen molar-refractivity contribution >= 4 is 34.9 Å². The van der Waals surface area contributed by atoms with Crippen LogP contribution in [0, 0.1) is 6.92 Å². The van der Waals surface area contributed by atoms with Crippen molar-refractivity contribution in [1.82, 2.24) is 19.7 Å². The van der Waals surface area contributed by atoms with E-state index in [0.29, 0.717) is 22.6 Å². The van der Waals surface area contributed by atoms with E-state index in [4.69, 9.17) is 4.74 Å². The van der Waals surface area contributed by atoms with E-state index in [-0.39, 0.29) is 29.4 Å². The minimum atomic E-state index is -0.626. The fraction of sp³-hybridized carbons (Fsp3) is 0.273. The van der Waals surface area contributed by atoms with Gasteiger partial charge in [-0.3, -0.25) is 14.4 Å². The third kappa shape index (κ3) is 5.32. The van der Waals surface area contributed by atoms with Gasteiger partial charge in [0.25, 0.3) is 0 Å². The number of aromatic nitrogens is 4. The third-order valence-corrected chi connectivity index (χ3v) is 5.06. The number of nitrogens with zero attached hydrogens (tertiary/aromatic N) is 3. The lowest BCUT2D eigenvalue weighted by Gasteiger charge is -2.12. The number of amides is 2. The van der Waals surface area contributed by atoms with Crippen molar-refractivity contribution in [3.05, 3.63) is 59.4 Å². The van der Waals surface area contributed by atoms with Crippen LogP contribution < -0.4 is 10.6 Å². The SMILES string of the molecule is COC(=O)c1c(CC(=O)Nc2ccc(NC(=O)C(C)n3cncn3)cc2)[nH]c(C(C)=O)c1C. The Bertz CT molecular complexity index is 1180. The van der Waals surface area contributed by atoms with Gasteiger partial charge in [-0.25, -0.2) is 14.5 Å². The minimum absolute atomic E-state index is 0.160. The van der Waals surface area contributed by atoms with Gasteiger partial charge in [-0.05, 0) is 43.7 Å². The molecular formula is C22H24N6O5. The average Bonchev–Trinajstić information content (AvgIpc) is 3.42. The number of anilines is 2. The zero-order valence-corrected chi connectivity index (χ0v) is 18.6. The molecule has 0 aliphatic rings. The van der Waals surface area contributed by atoms with Gasteiger partial charge in [-0.15, -0.1) is 0 Å². The predicted octanol–water partition coefficient (Wildman–Crippen LogP) is 2.28. The maximum atomic E-state index is 12.6. The van der Waals surface area contributed by atoms with Crippen LogP contribution in [0.2, 0.25) is 0 Å². The van der Waals surface area contributed by atoms with Gasteiger partial charge in [-0.1, -0.05) is 0 Å². The van der Waals surface area contributed by atoms with Gasteiger partial charge < -0.3 is 20.4 Å². The second-order valence-corrected chi connectivity index (χ2v) is 7.37. The summed E-state index contributed by atoms with van der Waals surface area (Å²) < 4.78 is 6.23. The molecule has 3 rings (SSSR count). The molecule has 0 saturated carbocycles. The first-order chi connectivity index (χ1) is 15.7. The van der Waals surface area contributed by atoms with Gasteiger partial charge in [0.15, 0.2) is 5.78 Å². The monoisotopic (exact) mass is 452 g/mol. The molecule has 172 valence electrons. The number of esters is 1. The summed E-state index contributed by atoms with van der Waals surface area (Å²) >= 11 is 0. The van der Waals surface area contributed by atoms with Crippen LogP contribution in [0.15, 0.2) is 36.9 Å². The summed E-state index contributed by atoms with van der Waals surface area (Å²) in [6.07, 6.45) is 2.65. The molecule has 0 fully saturated rings. The van der Waals surface area contributed by atoms with Gasteiger partial charge in [0, 0.05) is 24.0 Å². The van der Waals surface area contributed by atoms with E-state index in [1.165, 1.54) is 31.4 Å². The lowest BCUT2D eigenvalue weighted by atomic mass is 10.1. The van der Waals surface area contributed by atoms with Gasteiger partial charge in [0.1, 0.15) is 18.7 Å². The van der Waals surface area contributed by atoms with Crippen LogP contribution >= 0.6 is 0 Å². The highest BCUT2D eigenvalue weighted by Gasteiger charge is 2.24. The Kier molecular flexibility index (Phi) is 7.01. The Hall–Kier alpha value is -4.28. The summed E-state index contributed by atoms with van der Waals surface area (Å²) in [6.45, 7) is 4.69. The van der Waals surface area contributed by atoms with Crippen LogP contribution in [0.5, 0.6) is 0 Å². The van der Waals surface area contributed by atoms with Crippen molar-refractivity contribution in [3.8, 4) is 0 Å². The number of aromatic amines is 1. The van der Waals surface area contributed by atoms with Crippen molar-refractivity contribution in [2.45, 2.75) is 33.2 Å². The first-order valence-corrected chi connectivity index (χ1v) is 10.1. The minimum Gasteiger partial charge on any atom is -0.465 e. The van der Waals surface area contributed by atoms with Crippen molar-refractivity contribution in [3.63, 3.8) is 0 Å². The maximum Gasteiger partial charge on any atom is 0.339 e. The number of hydrogen-bond donors (Lipinski definition) is 3. The number of ketones is 1. The lowest BCUT2D eigenvalue weighted by molar-refractivity contribution is -0.119. The van der Waals surface area contributed by atoms with Crippen molar-refractivity contribution in [2.24, 2.45) is 0 Å². The van der Waals surface area contributed by atoms with E-state index >= 15 is 0 Å². The molecule has 33 heavy (non-hydrogen) atoms. The summed E-state index contributed by atoms with van der Waals surface area (Å²) in [5.74, 6) is -1.54. The number of carbonyl (C=O) groups is 4. The first-order valence-electron chi connectivity index (χ1n) is 10.1. The Morgan fingerprint density at radius 3 is 2.30 bits per heavy atom. The third-order valence-electron chi connectivity index (χ3n) is 5.06. The van der Waals surface area contributed by atoms with Crippen LogP contribution in [0.1, 0.15) is 52.0 Å². The second-order valence-electron chi connectivity index (χ2n) is 7.37. The number of benzene rings is 1. The number of ether oxygens (including phenoxy) is 1. The predicted molar refractivity (Wildman–Crippen MR) is 119 cm³/mol. The molecule has 0 aliphatic carbocycles. The van der Waals surface area contributed by atoms with Gasteiger partial charge in [-0.2, -0.15) is 5.10 Å². The van der Waals surface area contributed by atoms with Gasteiger partial charge in [0.05, 0.1) is 24.8 Å². The number of carbonyl (C=O) groups excluding carboxylic acids is 4. The number of H-pyrrole nitrogens is 1. The highest BCUT2D eigenvalue weighted by molar-refractivity contribution is 6.02. The zero-order valence-electron chi connectivity index (χ0n) is 18.6. The number of hydrogen-bond acceptors (Lipinski definition) is 7. The maximum absolute atomic E-state index is 12.6. The molecule has 11 heteroatoms. The quantitative estimate of drug-likeness (QED) is 0.351. The van der Waals surface area contributed by atoms with E-state index in [1.54, 1.807) is 38.1 Å². The molecule has 0 spiro atoms. The molecular weight excluding hydrogens is 428 g/mol. The number of nitrogens with one attached hydrogen (secondary N) is 3. The molecule has 1 atom stereocenters. The van der Waals surface area contributed by atoms with Gasteiger partial charge >= 0.3 is 5.97 Å². The van der Waals surface area contributed by atoms with E-state index in [0.717, 1.165) is 0 Å². The van der Waals surface area contributed by atoms with Crippen LogP contribution in [-0.4, -0.2) is 50.4 Å². The van der Waals surface area contributed by atoms with Crippen molar-refractivity contribution < 1.29 is 23.9 Å². The number of methoxy groups -OCH3 is 1. The standard InChI is InChI=1S/C22H24N6O5/c1-12-19(22(32)33-4)17(27-20(12)14(3)29)9-18(30)25-15-5-7-16(8-6-15)26-21(31)13(2)28-11-23-10-24-28/h5-8,10-11,13,27H,9H2,1-4H3,(H,25,30)(H,26,31). The number of rotatable bonds is 8. The topological polar surface area (TPSA) is 148 Å². The smallest absolute Gasteiger partial charge is 0.339 e. The summed E-state index contributed by atoms with van der Waals surface area (Å²) in [4.78, 5) is 55.5. The van der Waals surface area contributed by atoms with Crippen molar-refractivity contribution in [1.29, 1.82) is 0 Å². The fourth-order valence-electron chi connectivity index (χ4n) is 3.31. The zero-order chi connectivity index (χ0) is 24.1. The highest BCUT2D eigenvalue weighted by atomic mass is 16.5. The Labute approximate surface area is 189 Å². The molecule has 3 N–H and O–H groups in total. The van der Waals surface area contributed by atoms with E-state index in [2.05, 4.69) is 25.7 Å². The van der Waals surface area contributed by atoms with Gasteiger partial charge in [0.2, 0.25) is 11.8 Å². The molecule has 0 saturated heterocycles. The summed E-state index contributed by atoms with van der Waals surface area (Å²) in [7, 11) is 1.24. The van der Waals surface area contributed by atoms with Crippen LogP contribution in [0.4, 0.5) is 11.4 Å². The average molecular weight is 452 g/mol. The van der Waals surface area contributed by atoms with Crippen molar-refractivity contribution in [2.75, 3.05) is 17.7 Å². The molecule has 1 aromatic carbocycles. The molecule has 0 bridgehead atoms. The summed E-state index contributed by atoms with van der Waals surface area (Å²) in [5.41, 5.74) is 2.22. The largest absolute Gasteiger partial charge is 0.465 e. The highest BCUT2D eigenvalue weighted by Crippen LogP contribution is 2.22. The second kappa shape index (κ2) is 9.90. The summed E-state index contributed by atoms with van der Waals surface area (Å²) in [5, 5.41) is 9.44. The van der Waals surface area contributed by atoms with Crippen LogP contribution in [-0.2, 0) is 20.7 Å². The fourth-order valence-corrected chi connectivity index (χ4v) is 3.31. The number of Topliss-reactive ketones (excluding diaryl/α,β-unsaturated/α-hetero) is 1. The normalized spacial score (nSPS) is 11.5. The first kappa shape index (κ1) is 23.4. The Morgan fingerprint density at radius 2 is 1.76 bits per heavy atom.